The van der Waals surface area contributed by atoms with Crippen LogP contribution in [-0.4, -0.2) is 11.4 Å². The van der Waals surface area contributed by atoms with Gasteiger partial charge >= 0.3 is 0 Å². The van der Waals surface area contributed by atoms with E-state index >= 15 is 0 Å². The summed E-state index contributed by atoms with van der Waals surface area (Å²) in [6.45, 7) is 0. The van der Waals surface area contributed by atoms with Crippen LogP contribution in [0, 0.1) is 5.41 Å². The number of rotatable bonds is 4. The Hall–Kier alpha value is -6.32. The maximum atomic E-state index is 9.05. The first kappa shape index (κ1) is 27.0. The van der Waals surface area contributed by atoms with E-state index in [0.717, 1.165) is 38.7 Å². The molecule has 1 aliphatic carbocycles. The molecule has 0 saturated heterocycles. The van der Waals surface area contributed by atoms with Crippen LogP contribution in [0.15, 0.2) is 163 Å². The van der Waals surface area contributed by atoms with E-state index < -0.39 is 0 Å². The zero-order valence-corrected chi connectivity index (χ0v) is 25.5. The van der Waals surface area contributed by atoms with Crippen molar-refractivity contribution >= 4 is 66.3 Å². The molecule has 0 heterocycles. The molecule has 2 N–H and O–H groups in total. The average molecular weight is 600 g/mol. The van der Waals surface area contributed by atoms with Gasteiger partial charge in [0.05, 0.1) is 11.4 Å². The Morgan fingerprint density at radius 3 is 1.70 bits per heavy atom. The van der Waals surface area contributed by atoms with Gasteiger partial charge in [0.2, 0.25) is 0 Å². The minimum Gasteiger partial charge on any atom is -0.298 e. The molecule has 0 unspecified atom stereocenters. The second-order valence-corrected chi connectivity index (χ2v) is 12.1. The molecule has 0 bridgehead atoms. The molecule has 3 heteroatoms. The fourth-order valence-electron chi connectivity index (χ4n) is 7.02. The van der Waals surface area contributed by atoms with E-state index in [2.05, 4.69) is 132 Å². The average Bonchev–Trinajstić information content (AvgIpc) is 3.14. The second kappa shape index (κ2) is 10.9. The number of hydrogen-bond donors (Lipinski definition) is 2. The number of allylic oxidation sites excluding steroid dienone is 1. The number of hydrazone groups is 1. The summed E-state index contributed by atoms with van der Waals surface area (Å²) in [4.78, 5) is 0. The summed E-state index contributed by atoms with van der Waals surface area (Å²) in [5.74, 6) is 0. The van der Waals surface area contributed by atoms with E-state index in [1.807, 2.05) is 42.5 Å². The van der Waals surface area contributed by atoms with Crippen LogP contribution in [-0.2, 0) is 0 Å². The van der Waals surface area contributed by atoms with E-state index in [0.29, 0.717) is 11.4 Å². The van der Waals surface area contributed by atoms with Crippen molar-refractivity contribution in [2.24, 2.45) is 5.10 Å². The molecular weight excluding hydrogens is 571 g/mol. The zero-order valence-electron chi connectivity index (χ0n) is 25.5. The van der Waals surface area contributed by atoms with E-state index in [9.17, 15) is 0 Å². The molecule has 0 aliphatic heterocycles. The van der Waals surface area contributed by atoms with Gasteiger partial charge in [-0.3, -0.25) is 10.8 Å². The molecule has 3 nitrogen and oxygen atoms in total. The Balaban J connectivity index is 1.09. The van der Waals surface area contributed by atoms with Crippen molar-refractivity contribution in [2.45, 2.75) is 0 Å². The number of fused-ring (bicyclic) bond motifs is 9. The predicted molar refractivity (Wildman–Crippen MR) is 201 cm³/mol. The van der Waals surface area contributed by atoms with Gasteiger partial charge in [0.25, 0.3) is 0 Å². The van der Waals surface area contributed by atoms with Crippen molar-refractivity contribution in [1.29, 1.82) is 5.41 Å². The Morgan fingerprint density at radius 1 is 0.426 bits per heavy atom. The molecule has 9 rings (SSSR count). The smallest absolute Gasteiger partial charge is 0.109 e. The number of para-hydroxylation sites is 1. The Morgan fingerprint density at radius 2 is 1.00 bits per heavy atom. The van der Waals surface area contributed by atoms with Gasteiger partial charge < -0.3 is 0 Å². The lowest BCUT2D eigenvalue weighted by Crippen LogP contribution is -2.18. The van der Waals surface area contributed by atoms with Gasteiger partial charge in [-0.2, -0.15) is 5.10 Å². The van der Waals surface area contributed by atoms with Crippen molar-refractivity contribution in [3.63, 3.8) is 0 Å². The SMILES string of the molecule is N=C1/C(=N\Nc2ccccc2)C=Cc2ccc3cc(-c4cccc(-c5ccc6c7ccccc7c7ccccc7c6c5)c4)ccc3c21. The van der Waals surface area contributed by atoms with Crippen LogP contribution < -0.4 is 5.43 Å². The molecule has 0 fully saturated rings. The summed E-state index contributed by atoms with van der Waals surface area (Å²) in [7, 11) is 0. The van der Waals surface area contributed by atoms with Gasteiger partial charge in [-0.25, -0.2) is 0 Å². The number of hydrogen-bond acceptors (Lipinski definition) is 3. The van der Waals surface area contributed by atoms with E-state index in [1.165, 1.54) is 43.4 Å². The van der Waals surface area contributed by atoms with Crippen molar-refractivity contribution in [1.82, 2.24) is 0 Å². The lowest BCUT2D eigenvalue weighted by atomic mass is 9.88. The lowest BCUT2D eigenvalue weighted by Gasteiger charge is -2.17. The minimum atomic E-state index is 0.419. The van der Waals surface area contributed by atoms with Crippen molar-refractivity contribution < 1.29 is 0 Å². The Kier molecular flexibility index (Phi) is 6.29. The first-order valence-corrected chi connectivity index (χ1v) is 15.9. The third kappa shape index (κ3) is 4.60. The van der Waals surface area contributed by atoms with Crippen LogP contribution in [0.5, 0.6) is 0 Å². The topological polar surface area (TPSA) is 48.2 Å². The highest BCUT2D eigenvalue weighted by atomic mass is 15.3. The number of nitrogens with one attached hydrogen (secondary N) is 2. The summed E-state index contributed by atoms with van der Waals surface area (Å²) >= 11 is 0. The standard InChI is InChI=1S/C44H29N3/c45-44-42(47-46-34-11-2-1-3-12-34)24-21-28-17-18-33-26-31(19-22-35(33)43(28)44)29-9-8-10-30(25-29)32-20-23-40-38-15-5-4-13-36(38)37-14-6-7-16-39(37)41(40)27-32/h1-27,45-46H/b45-44?,47-42-. The number of nitrogens with zero attached hydrogens (tertiary/aromatic N) is 1. The van der Waals surface area contributed by atoms with Crippen LogP contribution in [0.3, 0.4) is 0 Å². The van der Waals surface area contributed by atoms with E-state index in [-0.39, 0.29) is 0 Å². The summed E-state index contributed by atoms with van der Waals surface area (Å²) in [5, 5.41) is 23.5. The van der Waals surface area contributed by atoms with Crippen molar-refractivity contribution in [2.75, 3.05) is 5.43 Å². The first-order chi connectivity index (χ1) is 23.2. The molecule has 8 aromatic carbocycles. The highest BCUT2D eigenvalue weighted by Gasteiger charge is 2.19. The molecule has 1 aliphatic rings. The van der Waals surface area contributed by atoms with E-state index in [1.54, 1.807) is 0 Å². The Bertz CT molecular complexity index is 2580. The fourth-order valence-corrected chi connectivity index (χ4v) is 7.02. The summed E-state index contributed by atoms with van der Waals surface area (Å²) in [5.41, 5.74) is 11.7. The third-order valence-electron chi connectivity index (χ3n) is 9.33. The van der Waals surface area contributed by atoms with Crippen molar-refractivity contribution in [3.8, 4) is 22.3 Å². The molecule has 0 radical (unpaired) electrons. The molecule has 220 valence electrons. The predicted octanol–water partition coefficient (Wildman–Crippen LogP) is 11.5. The first-order valence-electron chi connectivity index (χ1n) is 15.9. The highest BCUT2D eigenvalue weighted by Crippen LogP contribution is 2.38. The summed E-state index contributed by atoms with van der Waals surface area (Å²) in [6, 6.07) is 53.8. The monoisotopic (exact) mass is 599 g/mol. The van der Waals surface area contributed by atoms with Crippen LogP contribution in [0.25, 0.3) is 71.4 Å². The van der Waals surface area contributed by atoms with Gasteiger partial charge in [0.15, 0.2) is 0 Å². The summed E-state index contributed by atoms with van der Waals surface area (Å²) in [6.07, 6.45) is 3.95. The van der Waals surface area contributed by atoms with Gasteiger partial charge in [-0.15, -0.1) is 0 Å². The molecule has 0 spiro atoms. The second-order valence-electron chi connectivity index (χ2n) is 12.1. The quantitative estimate of drug-likeness (QED) is 0.153. The van der Waals surface area contributed by atoms with Gasteiger partial charge in [0, 0.05) is 5.56 Å². The molecule has 8 aromatic rings. The van der Waals surface area contributed by atoms with Gasteiger partial charge in [-0.1, -0.05) is 127 Å². The normalized spacial score (nSPS) is 13.5. The highest BCUT2D eigenvalue weighted by molar-refractivity contribution is 6.55. The molecule has 0 aromatic heterocycles. The van der Waals surface area contributed by atoms with Crippen LogP contribution in [0.4, 0.5) is 5.69 Å². The van der Waals surface area contributed by atoms with E-state index in [4.69, 9.17) is 5.41 Å². The van der Waals surface area contributed by atoms with Gasteiger partial charge in [0.1, 0.15) is 5.71 Å². The van der Waals surface area contributed by atoms with Crippen LogP contribution in [0.1, 0.15) is 11.1 Å². The summed E-state index contributed by atoms with van der Waals surface area (Å²) < 4.78 is 0. The Labute approximate surface area is 272 Å². The zero-order chi connectivity index (χ0) is 31.3. The maximum Gasteiger partial charge on any atom is 0.109 e. The fraction of sp³-hybridized carbons (Fsp3) is 0. The van der Waals surface area contributed by atoms with Crippen molar-refractivity contribution in [3.05, 3.63) is 169 Å². The molecule has 47 heavy (non-hydrogen) atoms. The maximum absolute atomic E-state index is 9.05. The lowest BCUT2D eigenvalue weighted by molar-refractivity contribution is 1.34. The minimum absolute atomic E-state index is 0.419. The molecule has 0 amide bonds. The number of benzene rings is 8. The molecule has 0 atom stereocenters. The largest absolute Gasteiger partial charge is 0.298 e. The van der Waals surface area contributed by atoms with Crippen LogP contribution >= 0.6 is 0 Å². The third-order valence-corrected chi connectivity index (χ3v) is 9.33. The van der Waals surface area contributed by atoms with Crippen LogP contribution in [0.2, 0.25) is 0 Å². The number of anilines is 1. The molecule has 0 saturated carbocycles. The molecular formula is C44H29N3. The van der Waals surface area contributed by atoms with Gasteiger partial charge in [-0.05, 0) is 107 Å².